The van der Waals surface area contributed by atoms with E-state index in [1.54, 1.807) is 0 Å². The van der Waals surface area contributed by atoms with Gasteiger partial charge in [-0.2, -0.15) is 0 Å². The number of fused-ring (bicyclic) bond motifs is 6. The summed E-state index contributed by atoms with van der Waals surface area (Å²) in [5.41, 5.74) is 11.6. The van der Waals surface area contributed by atoms with Gasteiger partial charge < -0.3 is 4.42 Å². The number of thiophene rings is 1. The first-order chi connectivity index (χ1) is 27.7. The van der Waals surface area contributed by atoms with Crippen LogP contribution in [-0.4, -0.2) is 15.0 Å². The summed E-state index contributed by atoms with van der Waals surface area (Å²) >= 11 is 1.87. The van der Waals surface area contributed by atoms with Crippen LogP contribution in [0.1, 0.15) is 0 Å². The Morgan fingerprint density at radius 3 is 1.61 bits per heavy atom. The van der Waals surface area contributed by atoms with Crippen LogP contribution in [0.15, 0.2) is 192 Å². The van der Waals surface area contributed by atoms with E-state index in [1.165, 1.54) is 36.9 Å². The third-order valence-electron chi connectivity index (χ3n) is 10.6. The van der Waals surface area contributed by atoms with Crippen LogP contribution in [-0.2, 0) is 0 Å². The lowest BCUT2D eigenvalue weighted by molar-refractivity contribution is 0.669. The third kappa shape index (κ3) is 5.56. The summed E-state index contributed by atoms with van der Waals surface area (Å²) in [4.78, 5) is 14.6. The van der Waals surface area contributed by atoms with Crippen molar-refractivity contribution in [2.75, 3.05) is 0 Å². The van der Waals surface area contributed by atoms with Crippen LogP contribution < -0.4 is 0 Å². The van der Waals surface area contributed by atoms with Gasteiger partial charge in [-0.15, -0.1) is 11.3 Å². The first kappa shape index (κ1) is 32.2. The number of hydrogen-bond donors (Lipinski definition) is 0. The van der Waals surface area contributed by atoms with E-state index in [0.717, 1.165) is 55.3 Å². The number of hydrogen-bond acceptors (Lipinski definition) is 5. The maximum Gasteiger partial charge on any atom is 0.164 e. The first-order valence-electron chi connectivity index (χ1n) is 18.7. The predicted molar refractivity (Wildman–Crippen MR) is 233 cm³/mol. The molecule has 11 aromatic rings. The molecule has 11 rings (SSSR count). The normalized spacial score (nSPS) is 11.6. The molecule has 0 atom stereocenters. The Kier molecular flexibility index (Phi) is 7.64. The molecule has 0 saturated carbocycles. The van der Waals surface area contributed by atoms with E-state index in [2.05, 4.69) is 127 Å². The molecule has 0 saturated heterocycles. The lowest BCUT2D eigenvalue weighted by atomic mass is 9.93. The van der Waals surface area contributed by atoms with E-state index in [9.17, 15) is 0 Å². The topological polar surface area (TPSA) is 51.8 Å². The second kappa shape index (κ2) is 13.3. The first-order valence-corrected chi connectivity index (χ1v) is 19.5. The van der Waals surface area contributed by atoms with E-state index in [4.69, 9.17) is 19.4 Å². The van der Waals surface area contributed by atoms with Crippen molar-refractivity contribution in [1.82, 2.24) is 15.0 Å². The zero-order valence-electron chi connectivity index (χ0n) is 30.1. The number of nitrogens with zero attached hydrogens (tertiary/aromatic N) is 3. The molecule has 0 unspecified atom stereocenters. The van der Waals surface area contributed by atoms with Crippen LogP contribution in [0.5, 0.6) is 0 Å². The average Bonchev–Trinajstić information content (AvgIpc) is 3.85. The fraction of sp³-hybridized carbons (Fsp3) is 0. The molecule has 4 nitrogen and oxygen atoms in total. The number of rotatable bonds is 6. The summed E-state index contributed by atoms with van der Waals surface area (Å²) in [5, 5.41) is 4.82. The van der Waals surface area contributed by atoms with E-state index in [0.29, 0.717) is 17.5 Å². The van der Waals surface area contributed by atoms with Gasteiger partial charge in [0.25, 0.3) is 0 Å². The molecule has 262 valence electrons. The van der Waals surface area contributed by atoms with Gasteiger partial charge in [-0.3, -0.25) is 0 Å². The maximum atomic E-state index is 6.49. The zero-order chi connectivity index (χ0) is 37.0. The van der Waals surface area contributed by atoms with Crippen LogP contribution in [0.2, 0.25) is 0 Å². The van der Waals surface area contributed by atoms with Gasteiger partial charge in [0.1, 0.15) is 11.2 Å². The Balaban J connectivity index is 0.941. The Morgan fingerprint density at radius 1 is 0.321 bits per heavy atom. The molecule has 3 aromatic heterocycles. The Morgan fingerprint density at radius 2 is 0.875 bits per heavy atom. The molecular weight excluding hydrogens is 703 g/mol. The third-order valence-corrected chi connectivity index (χ3v) is 11.8. The SMILES string of the molecule is c1ccc(-c2nc(-c3ccccc3)nc(-c3ccc(-c4ccc5c(c4)oc4ccc(-c6ccccc6-c6cccc7c6sc6ccccc67)cc45)cc3)n2)cc1. The van der Waals surface area contributed by atoms with Gasteiger partial charge in [0.15, 0.2) is 17.5 Å². The lowest BCUT2D eigenvalue weighted by Crippen LogP contribution is -2.00. The van der Waals surface area contributed by atoms with E-state index >= 15 is 0 Å². The van der Waals surface area contributed by atoms with Gasteiger partial charge in [-0.25, -0.2) is 15.0 Å². The second-order valence-electron chi connectivity index (χ2n) is 14.0. The van der Waals surface area contributed by atoms with Crippen LogP contribution in [0.25, 0.3) is 110 Å². The predicted octanol–water partition coefficient (Wildman–Crippen LogP) is 14.1. The van der Waals surface area contributed by atoms with Gasteiger partial charge in [0.05, 0.1) is 0 Å². The fourth-order valence-electron chi connectivity index (χ4n) is 7.80. The summed E-state index contributed by atoms with van der Waals surface area (Å²) in [6, 6.07) is 65.7. The molecule has 0 bridgehead atoms. The van der Waals surface area contributed by atoms with E-state index in [1.807, 2.05) is 72.0 Å². The molecule has 56 heavy (non-hydrogen) atoms. The van der Waals surface area contributed by atoms with Crippen molar-refractivity contribution in [2.24, 2.45) is 0 Å². The van der Waals surface area contributed by atoms with Crippen LogP contribution in [0, 0.1) is 0 Å². The van der Waals surface area contributed by atoms with Gasteiger partial charge >= 0.3 is 0 Å². The minimum absolute atomic E-state index is 0.634. The highest BCUT2D eigenvalue weighted by Gasteiger charge is 2.17. The molecule has 0 N–H and O–H groups in total. The smallest absolute Gasteiger partial charge is 0.164 e. The fourth-order valence-corrected chi connectivity index (χ4v) is 9.03. The summed E-state index contributed by atoms with van der Waals surface area (Å²) in [7, 11) is 0. The molecule has 5 heteroatoms. The van der Waals surface area contributed by atoms with Crippen molar-refractivity contribution < 1.29 is 4.42 Å². The molecule has 0 amide bonds. The Labute approximate surface area is 327 Å². The quantitative estimate of drug-likeness (QED) is 0.171. The van der Waals surface area contributed by atoms with Gasteiger partial charge in [0, 0.05) is 53.2 Å². The minimum Gasteiger partial charge on any atom is -0.456 e. The van der Waals surface area contributed by atoms with Crippen molar-refractivity contribution in [2.45, 2.75) is 0 Å². The van der Waals surface area contributed by atoms with Crippen molar-refractivity contribution in [1.29, 1.82) is 0 Å². The lowest BCUT2D eigenvalue weighted by Gasteiger charge is -2.11. The average molecular weight is 734 g/mol. The van der Waals surface area contributed by atoms with Crippen LogP contribution in [0.4, 0.5) is 0 Å². The van der Waals surface area contributed by atoms with E-state index < -0.39 is 0 Å². The summed E-state index contributed by atoms with van der Waals surface area (Å²) < 4.78 is 9.12. The van der Waals surface area contributed by atoms with Crippen LogP contribution in [0.3, 0.4) is 0 Å². The molecule has 0 radical (unpaired) electrons. The number of furan rings is 1. The van der Waals surface area contributed by atoms with Crippen molar-refractivity contribution >= 4 is 53.4 Å². The molecule has 8 aromatic carbocycles. The highest BCUT2D eigenvalue weighted by Crippen LogP contribution is 2.43. The van der Waals surface area contributed by atoms with Gasteiger partial charge in [0.2, 0.25) is 0 Å². The number of aromatic nitrogens is 3. The summed E-state index contributed by atoms with van der Waals surface area (Å²) in [6.07, 6.45) is 0. The number of benzene rings is 8. The molecule has 0 spiro atoms. The summed E-state index contributed by atoms with van der Waals surface area (Å²) in [6.45, 7) is 0. The largest absolute Gasteiger partial charge is 0.456 e. The monoisotopic (exact) mass is 733 g/mol. The molecular formula is C51H31N3OS. The summed E-state index contributed by atoms with van der Waals surface area (Å²) in [5.74, 6) is 1.93. The maximum absolute atomic E-state index is 6.49. The minimum atomic E-state index is 0.634. The highest BCUT2D eigenvalue weighted by atomic mass is 32.1. The van der Waals surface area contributed by atoms with Gasteiger partial charge in [-0.05, 0) is 58.1 Å². The highest BCUT2D eigenvalue weighted by molar-refractivity contribution is 7.26. The Bertz CT molecular complexity index is 3180. The standard InChI is InChI=1S/C51H31N3OS/c1-3-12-33(13-4-1)49-52-50(34-14-5-2-6-15-34)54-51(53-49)35-24-22-32(23-25-35)36-26-28-40-44-30-37(27-29-45(44)55-46(40)31-36)38-16-7-8-17-39(38)42-19-11-20-43-41-18-9-10-21-47(41)56-48(42)43/h1-31H. The molecule has 0 aliphatic rings. The van der Waals surface area contributed by atoms with Crippen LogP contribution >= 0.6 is 11.3 Å². The molecule has 0 aliphatic carbocycles. The van der Waals surface area contributed by atoms with Crippen molar-refractivity contribution in [3.05, 3.63) is 188 Å². The molecule has 3 heterocycles. The molecule has 0 aliphatic heterocycles. The second-order valence-corrected chi connectivity index (χ2v) is 15.0. The van der Waals surface area contributed by atoms with Crippen molar-refractivity contribution in [3.63, 3.8) is 0 Å². The van der Waals surface area contributed by atoms with Crippen molar-refractivity contribution in [3.8, 4) is 67.5 Å². The molecule has 0 fully saturated rings. The van der Waals surface area contributed by atoms with E-state index in [-0.39, 0.29) is 0 Å². The Hall–Kier alpha value is -7.21. The zero-order valence-corrected chi connectivity index (χ0v) is 30.9. The van der Waals surface area contributed by atoms with Gasteiger partial charge in [-0.1, -0.05) is 158 Å².